The smallest absolute Gasteiger partial charge is 0.243 e. The Kier molecular flexibility index (Phi) is 4.75. The standard InChI is InChI=1S/C22H24N2O2S2/c25-28(26,22-7-3-5-17-4-1-2-6-20(17)22)24-13-8-19(9-14-24)23-12-10-21-18(16-23)11-15-27-21/h1-7,11,15,19H,8-10,12-14,16H2. The summed E-state index contributed by atoms with van der Waals surface area (Å²) in [6, 6.07) is 16.0. The van der Waals surface area contributed by atoms with Gasteiger partial charge in [0.1, 0.15) is 0 Å². The first-order valence-electron chi connectivity index (χ1n) is 9.90. The first-order valence-corrected chi connectivity index (χ1v) is 12.2. The van der Waals surface area contributed by atoms with Gasteiger partial charge in [0.15, 0.2) is 0 Å². The van der Waals surface area contributed by atoms with Crippen LogP contribution >= 0.6 is 11.3 Å². The molecule has 0 radical (unpaired) electrons. The summed E-state index contributed by atoms with van der Waals surface area (Å²) in [6.07, 6.45) is 2.94. The highest BCUT2D eigenvalue weighted by molar-refractivity contribution is 7.89. The van der Waals surface area contributed by atoms with Crippen molar-refractivity contribution in [2.24, 2.45) is 0 Å². The molecule has 5 rings (SSSR count). The molecule has 0 atom stereocenters. The Balaban J connectivity index is 1.32. The van der Waals surface area contributed by atoms with Crippen molar-refractivity contribution in [3.05, 3.63) is 64.4 Å². The summed E-state index contributed by atoms with van der Waals surface area (Å²) in [6.45, 7) is 3.31. The van der Waals surface area contributed by atoms with Crippen molar-refractivity contribution in [1.82, 2.24) is 9.21 Å². The highest BCUT2D eigenvalue weighted by Gasteiger charge is 2.33. The monoisotopic (exact) mass is 412 g/mol. The quantitative estimate of drug-likeness (QED) is 0.650. The maximum Gasteiger partial charge on any atom is 0.243 e. The molecule has 1 saturated heterocycles. The number of hydrogen-bond donors (Lipinski definition) is 0. The Morgan fingerprint density at radius 3 is 2.57 bits per heavy atom. The molecule has 3 heterocycles. The van der Waals surface area contributed by atoms with Crippen LogP contribution in [0, 0.1) is 0 Å². The Morgan fingerprint density at radius 2 is 1.71 bits per heavy atom. The first-order chi connectivity index (χ1) is 13.6. The van der Waals surface area contributed by atoms with Gasteiger partial charge in [-0.25, -0.2) is 8.42 Å². The van der Waals surface area contributed by atoms with E-state index in [9.17, 15) is 8.42 Å². The maximum absolute atomic E-state index is 13.3. The lowest BCUT2D eigenvalue weighted by atomic mass is 10.0. The molecule has 1 aromatic heterocycles. The fraction of sp³-hybridized carbons (Fsp3) is 0.364. The third kappa shape index (κ3) is 3.18. The van der Waals surface area contributed by atoms with Gasteiger partial charge in [-0.2, -0.15) is 4.31 Å². The molecule has 6 heteroatoms. The first kappa shape index (κ1) is 18.3. The van der Waals surface area contributed by atoms with Crippen molar-refractivity contribution in [3.63, 3.8) is 0 Å². The van der Waals surface area contributed by atoms with Gasteiger partial charge in [-0.15, -0.1) is 11.3 Å². The largest absolute Gasteiger partial charge is 0.296 e. The number of benzene rings is 2. The van der Waals surface area contributed by atoms with Crippen LogP contribution in [0.1, 0.15) is 23.3 Å². The summed E-state index contributed by atoms with van der Waals surface area (Å²) in [5, 5.41) is 3.97. The van der Waals surface area contributed by atoms with Gasteiger partial charge in [0, 0.05) is 42.5 Å². The van der Waals surface area contributed by atoms with Gasteiger partial charge < -0.3 is 0 Å². The van der Waals surface area contributed by atoms with Gasteiger partial charge in [-0.1, -0.05) is 36.4 Å². The minimum absolute atomic E-state index is 0.435. The molecule has 0 unspecified atom stereocenters. The highest BCUT2D eigenvalue weighted by Crippen LogP contribution is 2.31. The van der Waals surface area contributed by atoms with Crippen LogP contribution in [0.3, 0.4) is 0 Å². The lowest BCUT2D eigenvalue weighted by molar-refractivity contribution is 0.127. The number of sulfonamides is 1. The Bertz CT molecular complexity index is 1090. The summed E-state index contributed by atoms with van der Waals surface area (Å²) in [4.78, 5) is 4.51. The van der Waals surface area contributed by atoms with Crippen LogP contribution < -0.4 is 0 Å². The molecule has 2 aliphatic rings. The second kappa shape index (κ2) is 7.26. The molecule has 3 aromatic rings. The maximum atomic E-state index is 13.3. The number of thiophene rings is 1. The minimum Gasteiger partial charge on any atom is -0.296 e. The predicted molar refractivity (Wildman–Crippen MR) is 114 cm³/mol. The van der Waals surface area contributed by atoms with E-state index >= 15 is 0 Å². The van der Waals surface area contributed by atoms with E-state index in [1.165, 1.54) is 10.4 Å². The molecule has 146 valence electrons. The zero-order valence-corrected chi connectivity index (χ0v) is 17.4. The van der Waals surface area contributed by atoms with Gasteiger partial charge in [-0.05, 0) is 47.7 Å². The number of fused-ring (bicyclic) bond motifs is 2. The molecular weight excluding hydrogens is 388 g/mol. The number of nitrogens with zero attached hydrogens (tertiary/aromatic N) is 2. The molecule has 28 heavy (non-hydrogen) atoms. The second-order valence-electron chi connectivity index (χ2n) is 7.70. The third-order valence-corrected chi connectivity index (χ3v) is 9.12. The van der Waals surface area contributed by atoms with Crippen LogP contribution in [0.5, 0.6) is 0 Å². The van der Waals surface area contributed by atoms with Gasteiger partial charge >= 0.3 is 0 Å². The number of piperidine rings is 1. The third-order valence-electron chi connectivity index (χ3n) is 6.14. The molecule has 0 spiro atoms. The molecule has 0 aliphatic carbocycles. The van der Waals surface area contributed by atoms with Crippen molar-refractivity contribution in [3.8, 4) is 0 Å². The van der Waals surface area contributed by atoms with E-state index in [4.69, 9.17) is 0 Å². The Labute approximate surface area is 170 Å². The van der Waals surface area contributed by atoms with Gasteiger partial charge in [0.2, 0.25) is 10.0 Å². The van der Waals surface area contributed by atoms with Crippen LogP contribution in [0.25, 0.3) is 10.8 Å². The Morgan fingerprint density at radius 1 is 0.929 bits per heavy atom. The topological polar surface area (TPSA) is 40.6 Å². The lowest BCUT2D eigenvalue weighted by Crippen LogP contribution is -2.47. The molecule has 2 aromatic carbocycles. The summed E-state index contributed by atoms with van der Waals surface area (Å²) in [7, 11) is -3.47. The van der Waals surface area contributed by atoms with Crippen LogP contribution in [0.4, 0.5) is 0 Å². The summed E-state index contributed by atoms with van der Waals surface area (Å²) in [5.74, 6) is 0. The van der Waals surface area contributed by atoms with E-state index in [0.717, 1.165) is 43.1 Å². The second-order valence-corrected chi connectivity index (χ2v) is 10.6. The van der Waals surface area contributed by atoms with Gasteiger partial charge in [-0.3, -0.25) is 4.90 Å². The zero-order chi connectivity index (χ0) is 19.1. The molecule has 1 fully saturated rings. The summed E-state index contributed by atoms with van der Waals surface area (Å²) in [5.41, 5.74) is 1.46. The normalized spacial score (nSPS) is 19.7. The molecule has 0 saturated carbocycles. The van der Waals surface area contributed by atoms with Crippen molar-refractivity contribution in [1.29, 1.82) is 0 Å². The van der Waals surface area contributed by atoms with E-state index in [2.05, 4.69) is 16.3 Å². The van der Waals surface area contributed by atoms with Gasteiger partial charge in [0.05, 0.1) is 4.90 Å². The van der Waals surface area contributed by atoms with E-state index in [1.54, 1.807) is 10.4 Å². The van der Waals surface area contributed by atoms with Gasteiger partial charge in [0.25, 0.3) is 0 Å². The number of rotatable bonds is 3. The van der Waals surface area contributed by atoms with Crippen molar-refractivity contribution in [2.45, 2.75) is 36.7 Å². The van der Waals surface area contributed by atoms with Crippen LogP contribution in [-0.4, -0.2) is 43.3 Å². The number of hydrogen-bond acceptors (Lipinski definition) is 4. The SMILES string of the molecule is O=S(=O)(c1cccc2ccccc12)N1CCC(N2CCc3sccc3C2)CC1. The molecule has 2 aliphatic heterocycles. The van der Waals surface area contributed by atoms with E-state index < -0.39 is 10.0 Å². The minimum atomic E-state index is -3.47. The lowest BCUT2D eigenvalue weighted by Gasteiger charge is -2.39. The van der Waals surface area contributed by atoms with Crippen molar-refractivity contribution >= 4 is 32.1 Å². The fourth-order valence-electron chi connectivity index (χ4n) is 4.59. The zero-order valence-electron chi connectivity index (χ0n) is 15.8. The summed E-state index contributed by atoms with van der Waals surface area (Å²) < 4.78 is 28.3. The molecule has 4 nitrogen and oxygen atoms in total. The van der Waals surface area contributed by atoms with E-state index in [1.807, 2.05) is 47.7 Å². The molecule has 0 N–H and O–H groups in total. The van der Waals surface area contributed by atoms with Crippen LogP contribution in [0.15, 0.2) is 58.8 Å². The Hall–Kier alpha value is -1.73. The summed E-state index contributed by atoms with van der Waals surface area (Å²) >= 11 is 1.86. The van der Waals surface area contributed by atoms with Crippen LogP contribution in [0.2, 0.25) is 0 Å². The highest BCUT2D eigenvalue weighted by atomic mass is 32.2. The molecule has 0 bridgehead atoms. The van der Waals surface area contributed by atoms with Crippen molar-refractivity contribution < 1.29 is 8.42 Å². The molecular formula is C22H24N2O2S2. The van der Waals surface area contributed by atoms with Crippen molar-refractivity contribution in [2.75, 3.05) is 19.6 Å². The van der Waals surface area contributed by atoms with Crippen LogP contribution in [-0.2, 0) is 23.0 Å². The average molecular weight is 413 g/mol. The average Bonchev–Trinajstić information content (AvgIpc) is 3.21. The fourth-order valence-corrected chi connectivity index (χ4v) is 7.16. The van der Waals surface area contributed by atoms with E-state index in [-0.39, 0.29) is 0 Å². The molecule has 0 amide bonds. The van der Waals surface area contributed by atoms with E-state index in [0.29, 0.717) is 24.0 Å². The predicted octanol–water partition coefficient (Wildman–Crippen LogP) is 4.11.